The minimum absolute atomic E-state index is 0.0673. The molecule has 0 heterocycles. The quantitative estimate of drug-likeness (QED) is 0.568. The fraction of sp³-hybridized carbons (Fsp3) is 0.500. The maximum atomic E-state index is 13.6. The molecule has 1 aromatic rings. The maximum Gasteiger partial charge on any atom is 0.269 e. The van der Waals surface area contributed by atoms with E-state index in [1.807, 2.05) is 6.92 Å². The minimum atomic E-state index is -4.03. The number of rotatable bonds is 7. The average Bonchev–Trinajstić information content (AvgIpc) is 2.39. The van der Waals surface area contributed by atoms with Crippen LogP contribution < -0.4 is 4.74 Å². The molecule has 0 aromatic heterocycles. The van der Waals surface area contributed by atoms with Crippen LogP contribution in [-0.4, -0.2) is 26.6 Å². The molecule has 0 N–H and O–H groups in total. The topological polar surface area (TPSA) is 46.6 Å². The highest BCUT2D eigenvalue weighted by Crippen LogP contribution is 2.20. The Morgan fingerprint density at radius 2 is 1.83 bits per heavy atom. The number of ether oxygens (including phenoxy) is 1. The Morgan fingerprint density at radius 3 is 2.33 bits per heavy atom. The summed E-state index contributed by atoms with van der Waals surface area (Å²) >= 11 is 0. The Bertz CT molecular complexity index is 459. The number of methoxy groups -OCH3 is 1. The molecule has 0 bridgehead atoms. The van der Waals surface area contributed by atoms with Gasteiger partial charge in [-0.2, -0.15) is 0 Å². The van der Waals surface area contributed by atoms with Gasteiger partial charge in [0, 0.05) is 6.54 Å². The van der Waals surface area contributed by atoms with Crippen molar-refractivity contribution in [1.82, 2.24) is 4.53 Å². The SMILES string of the molecule is CCCCCN(F)S(=O)(=O)c1ccc(OC)cc1. The summed E-state index contributed by atoms with van der Waals surface area (Å²) in [4.78, 5) is -0.0673. The van der Waals surface area contributed by atoms with Gasteiger partial charge in [0.1, 0.15) is 5.75 Å². The molecule has 0 spiro atoms. The number of hydrogen-bond donors (Lipinski definition) is 0. The number of unbranched alkanes of at least 4 members (excludes halogenated alkanes) is 2. The Hall–Kier alpha value is -1.14. The predicted molar refractivity (Wildman–Crippen MR) is 67.5 cm³/mol. The van der Waals surface area contributed by atoms with Gasteiger partial charge in [0.15, 0.2) is 0 Å². The zero-order chi connectivity index (χ0) is 13.6. The second-order valence-corrected chi connectivity index (χ2v) is 5.72. The van der Waals surface area contributed by atoms with Crippen LogP contribution in [-0.2, 0) is 10.0 Å². The number of benzene rings is 1. The zero-order valence-corrected chi connectivity index (χ0v) is 11.4. The van der Waals surface area contributed by atoms with Crippen molar-refractivity contribution in [3.8, 4) is 5.75 Å². The maximum absolute atomic E-state index is 13.6. The lowest BCUT2D eigenvalue weighted by Gasteiger charge is -2.12. The summed E-state index contributed by atoms with van der Waals surface area (Å²) in [7, 11) is -2.55. The molecule has 18 heavy (non-hydrogen) atoms. The van der Waals surface area contributed by atoms with Gasteiger partial charge in [0.05, 0.1) is 12.0 Å². The summed E-state index contributed by atoms with van der Waals surface area (Å²) in [5.41, 5.74) is 0. The van der Waals surface area contributed by atoms with Crippen LogP contribution in [0.2, 0.25) is 0 Å². The van der Waals surface area contributed by atoms with E-state index >= 15 is 0 Å². The van der Waals surface area contributed by atoms with Crippen LogP contribution in [0.5, 0.6) is 5.75 Å². The first kappa shape index (κ1) is 14.9. The van der Waals surface area contributed by atoms with Crippen molar-refractivity contribution in [3.63, 3.8) is 0 Å². The van der Waals surface area contributed by atoms with Crippen LogP contribution in [0.3, 0.4) is 0 Å². The van der Waals surface area contributed by atoms with E-state index in [0.29, 0.717) is 12.2 Å². The lowest BCUT2D eigenvalue weighted by Crippen LogP contribution is -2.24. The molecule has 0 aliphatic carbocycles. The number of hydrogen-bond acceptors (Lipinski definition) is 3. The van der Waals surface area contributed by atoms with Gasteiger partial charge in [-0.15, -0.1) is 4.48 Å². The summed E-state index contributed by atoms with van der Waals surface area (Å²) in [6, 6.07) is 5.65. The van der Waals surface area contributed by atoms with E-state index in [0.717, 1.165) is 12.8 Å². The van der Waals surface area contributed by atoms with Gasteiger partial charge < -0.3 is 4.74 Å². The number of halogens is 1. The standard InChI is InChI=1S/C12H18FNO3S/c1-3-4-5-10-14(13)18(15,16)12-8-6-11(17-2)7-9-12/h6-9H,3-5,10H2,1-2H3. The Balaban J connectivity index is 2.77. The van der Waals surface area contributed by atoms with E-state index in [1.54, 1.807) is 0 Å². The number of nitrogens with zero attached hydrogens (tertiary/aromatic N) is 1. The van der Waals surface area contributed by atoms with E-state index in [-0.39, 0.29) is 16.0 Å². The highest BCUT2D eigenvalue weighted by molar-refractivity contribution is 7.89. The van der Waals surface area contributed by atoms with Gasteiger partial charge in [0.2, 0.25) is 0 Å². The van der Waals surface area contributed by atoms with Crippen LogP contribution >= 0.6 is 0 Å². The molecular weight excluding hydrogens is 257 g/mol. The van der Waals surface area contributed by atoms with Crippen molar-refractivity contribution in [2.75, 3.05) is 13.7 Å². The fourth-order valence-corrected chi connectivity index (χ4v) is 2.55. The van der Waals surface area contributed by atoms with Crippen LogP contribution in [0.25, 0.3) is 0 Å². The molecule has 0 aliphatic rings. The van der Waals surface area contributed by atoms with Crippen LogP contribution in [0, 0.1) is 0 Å². The van der Waals surface area contributed by atoms with Gasteiger partial charge in [-0.05, 0) is 35.2 Å². The third-order valence-corrected chi connectivity index (χ3v) is 4.13. The van der Waals surface area contributed by atoms with Crippen LogP contribution in [0.4, 0.5) is 4.48 Å². The van der Waals surface area contributed by atoms with Crippen molar-refractivity contribution in [1.29, 1.82) is 0 Å². The zero-order valence-electron chi connectivity index (χ0n) is 10.6. The Morgan fingerprint density at radius 1 is 1.22 bits per heavy atom. The largest absolute Gasteiger partial charge is 0.497 e. The van der Waals surface area contributed by atoms with E-state index < -0.39 is 10.0 Å². The van der Waals surface area contributed by atoms with Gasteiger partial charge in [-0.25, -0.2) is 8.42 Å². The molecule has 0 radical (unpaired) electrons. The first-order valence-corrected chi connectivity index (χ1v) is 7.29. The molecule has 4 nitrogen and oxygen atoms in total. The highest BCUT2D eigenvalue weighted by Gasteiger charge is 2.23. The summed E-state index contributed by atoms with van der Waals surface area (Å²) in [5, 5.41) is 0. The molecule has 0 fully saturated rings. The van der Waals surface area contributed by atoms with Crippen molar-refractivity contribution >= 4 is 10.0 Å². The molecule has 0 unspecified atom stereocenters. The summed E-state index contributed by atoms with van der Waals surface area (Å²) in [5.74, 6) is 0.533. The molecule has 0 amide bonds. The molecule has 102 valence electrons. The molecule has 0 saturated heterocycles. The molecule has 0 atom stereocenters. The van der Waals surface area contributed by atoms with Crippen LogP contribution in [0.1, 0.15) is 26.2 Å². The average molecular weight is 275 g/mol. The highest BCUT2D eigenvalue weighted by atomic mass is 32.2. The van der Waals surface area contributed by atoms with Crippen molar-refractivity contribution in [2.45, 2.75) is 31.1 Å². The summed E-state index contributed by atoms with van der Waals surface area (Å²) < 4.78 is 42.1. The third-order valence-electron chi connectivity index (χ3n) is 2.56. The van der Waals surface area contributed by atoms with Gasteiger partial charge in [-0.1, -0.05) is 19.8 Å². The van der Waals surface area contributed by atoms with Crippen LogP contribution in [0.15, 0.2) is 29.2 Å². The molecule has 1 aromatic carbocycles. The molecule has 1 rings (SSSR count). The first-order chi connectivity index (χ1) is 8.52. The Kier molecular flexibility index (Phi) is 5.55. The van der Waals surface area contributed by atoms with E-state index in [2.05, 4.69) is 0 Å². The molecular formula is C12H18FNO3S. The van der Waals surface area contributed by atoms with Gasteiger partial charge >= 0.3 is 0 Å². The first-order valence-electron chi connectivity index (χ1n) is 5.85. The number of sulfonamides is 1. The molecule has 0 aliphatic heterocycles. The predicted octanol–water partition coefficient (Wildman–Crippen LogP) is 2.76. The Labute approximate surface area is 107 Å². The van der Waals surface area contributed by atoms with Gasteiger partial charge in [-0.3, -0.25) is 0 Å². The van der Waals surface area contributed by atoms with E-state index in [9.17, 15) is 12.9 Å². The molecule has 6 heteroatoms. The van der Waals surface area contributed by atoms with Gasteiger partial charge in [0.25, 0.3) is 10.0 Å². The smallest absolute Gasteiger partial charge is 0.269 e. The van der Waals surface area contributed by atoms with Crippen molar-refractivity contribution in [2.24, 2.45) is 0 Å². The van der Waals surface area contributed by atoms with E-state index in [4.69, 9.17) is 4.74 Å². The monoisotopic (exact) mass is 275 g/mol. The van der Waals surface area contributed by atoms with Crippen molar-refractivity contribution in [3.05, 3.63) is 24.3 Å². The third kappa shape index (κ3) is 3.68. The minimum Gasteiger partial charge on any atom is -0.497 e. The summed E-state index contributed by atoms with van der Waals surface area (Å²) in [6.07, 6.45) is 2.23. The second-order valence-electron chi connectivity index (χ2n) is 3.90. The lowest BCUT2D eigenvalue weighted by molar-refractivity contribution is 0.136. The normalized spacial score (nSPS) is 11.8. The lowest BCUT2D eigenvalue weighted by atomic mass is 10.3. The van der Waals surface area contributed by atoms with E-state index in [1.165, 1.54) is 31.4 Å². The molecule has 0 saturated carbocycles. The second kappa shape index (κ2) is 6.70. The summed E-state index contributed by atoms with van der Waals surface area (Å²) in [6.45, 7) is 1.86. The fourth-order valence-electron chi connectivity index (χ4n) is 1.47. The van der Waals surface area contributed by atoms with Crippen molar-refractivity contribution < 1.29 is 17.6 Å².